The van der Waals surface area contributed by atoms with Gasteiger partial charge < -0.3 is 14.2 Å². The summed E-state index contributed by atoms with van der Waals surface area (Å²) in [5, 5.41) is 9.94. The number of sulfonamides is 1. The van der Waals surface area contributed by atoms with Crippen LogP contribution in [0.15, 0.2) is 42.0 Å². The van der Waals surface area contributed by atoms with Crippen molar-refractivity contribution in [3.63, 3.8) is 0 Å². The molecular weight excluding hydrogens is 516 g/mol. The third-order valence-corrected chi connectivity index (χ3v) is 8.42. The van der Waals surface area contributed by atoms with Gasteiger partial charge in [-0.1, -0.05) is 6.07 Å². The number of para-hydroxylation sites is 1. The molecule has 4 aromatic rings. The van der Waals surface area contributed by atoms with Crippen LogP contribution in [0.2, 0.25) is 0 Å². The largest absolute Gasteiger partial charge is 0.494 e. The highest BCUT2D eigenvalue weighted by atomic mass is 32.2. The molecule has 0 amide bonds. The number of benzene rings is 1. The molecule has 0 fully saturated rings. The molecule has 3 heterocycles. The van der Waals surface area contributed by atoms with E-state index in [9.17, 15) is 8.42 Å². The van der Waals surface area contributed by atoms with Crippen molar-refractivity contribution in [1.29, 1.82) is 0 Å². The molecule has 0 aliphatic heterocycles. The predicted octanol–water partition coefficient (Wildman–Crippen LogP) is 3.94. The fraction of sp³-hybridized carbons (Fsp3) is 0.333. The van der Waals surface area contributed by atoms with Gasteiger partial charge in [-0.3, -0.25) is 14.3 Å². The molecule has 196 valence electrons. The first kappa shape index (κ1) is 26.5. The molecule has 2 atom stereocenters. The van der Waals surface area contributed by atoms with Gasteiger partial charge in [0, 0.05) is 36.1 Å². The molecule has 0 saturated heterocycles. The Morgan fingerprint density at radius 2 is 1.76 bits per heavy atom. The molecule has 37 heavy (non-hydrogen) atoms. The molecule has 0 aliphatic rings. The molecule has 3 aromatic heterocycles. The lowest BCUT2D eigenvalue weighted by Gasteiger charge is -2.22. The maximum atomic E-state index is 13.6. The summed E-state index contributed by atoms with van der Waals surface area (Å²) in [4.78, 5) is 8.67. The summed E-state index contributed by atoms with van der Waals surface area (Å²) in [6.07, 6.45) is 2.56. The molecule has 13 heteroatoms. The number of hydrogen-bond acceptors (Lipinski definition) is 10. The molecular formula is C24H28N6O5S2. The summed E-state index contributed by atoms with van der Waals surface area (Å²) in [5.41, 5.74) is 2.75. The van der Waals surface area contributed by atoms with Crippen LogP contribution >= 0.6 is 11.3 Å². The Labute approximate surface area is 219 Å². The average Bonchev–Trinajstić information content (AvgIpc) is 3.49. The van der Waals surface area contributed by atoms with Crippen molar-refractivity contribution in [3.05, 3.63) is 58.3 Å². The van der Waals surface area contributed by atoms with Gasteiger partial charge >= 0.3 is 0 Å². The SMILES string of the molecule is COc1cccc(OC)c1-n1c(NS(=O)(=O)[C@@H](C)[C@@H](OC)c2nc(C)cs2)nnc1-c1cncc(C)c1. The Balaban J connectivity index is 1.86. The van der Waals surface area contributed by atoms with Gasteiger partial charge in [0.2, 0.25) is 16.0 Å². The van der Waals surface area contributed by atoms with Gasteiger partial charge in [0.1, 0.15) is 33.5 Å². The number of rotatable bonds is 10. The quantitative estimate of drug-likeness (QED) is 0.315. The second-order valence-corrected chi connectivity index (χ2v) is 11.2. The van der Waals surface area contributed by atoms with E-state index < -0.39 is 21.4 Å². The number of aromatic nitrogens is 5. The molecule has 0 spiro atoms. The van der Waals surface area contributed by atoms with Gasteiger partial charge in [0.15, 0.2) is 5.82 Å². The first-order valence-corrected chi connectivity index (χ1v) is 13.7. The van der Waals surface area contributed by atoms with Crippen molar-refractivity contribution < 1.29 is 22.6 Å². The van der Waals surface area contributed by atoms with Crippen molar-refractivity contribution in [2.75, 3.05) is 26.1 Å². The fourth-order valence-electron chi connectivity index (χ4n) is 3.86. The maximum Gasteiger partial charge on any atom is 0.243 e. The summed E-state index contributed by atoms with van der Waals surface area (Å²) < 4.78 is 48.1. The van der Waals surface area contributed by atoms with E-state index in [1.54, 1.807) is 42.1 Å². The van der Waals surface area contributed by atoms with E-state index in [4.69, 9.17) is 14.2 Å². The third kappa shape index (κ3) is 5.29. The lowest BCUT2D eigenvalue weighted by molar-refractivity contribution is 0.102. The Morgan fingerprint density at radius 1 is 1.05 bits per heavy atom. The standard InChI is InChI=1S/C24H28N6O5S2/c1-14-10-17(12-25-11-14)22-27-28-24(30(22)20-18(33-4)8-7-9-19(20)34-5)29-37(31,32)16(3)21(35-6)23-26-15(2)13-36-23/h7-13,16,21H,1-6H3,(H,28,29)/t16-,21+/m0/s1. The van der Waals surface area contributed by atoms with Crippen molar-refractivity contribution in [2.24, 2.45) is 0 Å². The molecule has 4 rings (SSSR count). The minimum Gasteiger partial charge on any atom is -0.494 e. The number of ether oxygens (including phenoxy) is 3. The van der Waals surface area contributed by atoms with Gasteiger partial charge in [-0.05, 0) is 44.5 Å². The zero-order chi connectivity index (χ0) is 26.7. The highest BCUT2D eigenvalue weighted by Crippen LogP contribution is 2.38. The molecule has 0 radical (unpaired) electrons. The van der Waals surface area contributed by atoms with Crippen LogP contribution in [0.1, 0.15) is 29.3 Å². The van der Waals surface area contributed by atoms with E-state index in [1.807, 2.05) is 25.3 Å². The molecule has 0 aliphatic carbocycles. The van der Waals surface area contributed by atoms with Crippen molar-refractivity contribution in [3.8, 4) is 28.6 Å². The Morgan fingerprint density at radius 3 is 2.32 bits per heavy atom. The monoisotopic (exact) mass is 544 g/mol. The van der Waals surface area contributed by atoms with Crippen LogP contribution < -0.4 is 14.2 Å². The number of aryl methyl sites for hydroxylation is 2. The van der Waals surface area contributed by atoms with Crippen LogP contribution in [0, 0.1) is 13.8 Å². The number of anilines is 1. The lowest BCUT2D eigenvalue weighted by atomic mass is 10.2. The zero-order valence-electron chi connectivity index (χ0n) is 21.3. The lowest BCUT2D eigenvalue weighted by Crippen LogP contribution is -2.32. The fourth-order valence-corrected chi connectivity index (χ4v) is 6.06. The van der Waals surface area contributed by atoms with Gasteiger partial charge in [-0.25, -0.2) is 13.4 Å². The second-order valence-electron chi connectivity index (χ2n) is 8.28. The van der Waals surface area contributed by atoms with E-state index in [1.165, 1.54) is 32.7 Å². The van der Waals surface area contributed by atoms with Crippen molar-refractivity contribution >= 4 is 27.3 Å². The third-order valence-electron chi connectivity index (χ3n) is 5.71. The summed E-state index contributed by atoms with van der Waals surface area (Å²) >= 11 is 1.34. The van der Waals surface area contributed by atoms with Gasteiger partial charge in [0.05, 0.1) is 14.2 Å². The zero-order valence-corrected chi connectivity index (χ0v) is 22.9. The summed E-state index contributed by atoms with van der Waals surface area (Å²) in [6.45, 7) is 5.30. The molecule has 1 N–H and O–H groups in total. The topological polar surface area (TPSA) is 130 Å². The number of nitrogens with one attached hydrogen (secondary N) is 1. The van der Waals surface area contributed by atoms with E-state index in [0.29, 0.717) is 33.6 Å². The summed E-state index contributed by atoms with van der Waals surface area (Å²) in [7, 11) is 0.449. The normalized spacial score (nSPS) is 13.2. The van der Waals surface area contributed by atoms with Crippen LogP contribution in [0.25, 0.3) is 17.1 Å². The van der Waals surface area contributed by atoms with Crippen LogP contribution in [0.5, 0.6) is 11.5 Å². The maximum absolute atomic E-state index is 13.6. The van der Waals surface area contributed by atoms with E-state index >= 15 is 0 Å². The molecule has 0 unspecified atom stereocenters. The Kier molecular flexibility index (Phi) is 7.76. The van der Waals surface area contributed by atoms with Crippen LogP contribution in [0.4, 0.5) is 5.95 Å². The second kappa shape index (κ2) is 10.8. The highest BCUT2D eigenvalue weighted by Gasteiger charge is 2.35. The minimum absolute atomic E-state index is 0.0451. The summed E-state index contributed by atoms with van der Waals surface area (Å²) in [5.74, 6) is 1.17. The number of methoxy groups -OCH3 is 3. The summed E-state index contributed by atoms with van der Waals surface area (Å²) in [6, 6.07) is 7.12. The first-order chi connectivity index (χ1) is 17.7. The van der Waals surface area contributed by atoms with E-state index in [2.05, 4.69) is 24.9 Å². The van der Waals surface area contributed by atoms with Crippen molar-refractivity contribution in [2.45, 2.75) is 32.1 Å². The number of nitrogens with zero attached hydrogens (tertiary/aromatic N) is 5. The number of hydrogen-bond donors (Lipinski definition) is 1. The van der Waals surface area contributed by atoms with Crippen LogP contribution in [-0.4, -0.2) is 59.7 Å². The highest BCUT2D eigenvalue weighted by molar-refractivity contribution is 7.93. The van der Waals surface area contributed by atoms with Crippen LogP contribution in [0.3, 0.4) is 0 Å². The molecule has 0 bridgehead atoms. The molecule has 0 saturated carbocycles. The molecule has 1 aromatic carbocycles. The van der Waals surface area contributed by atoms with E-state index in [0.717, 1.165) is 11.3 Å². The van der Waals surface area contributed by atoms with Crippen LogP contribution in [-0.2, 0) is 14.8 Å². The van der Waals surface area contributed by atoms with Gasteiger partial charge in [-0.2, -0.15) is 0 Å². The number of pyridine rings is 1. The number of thiazole rings is 1. The molecule has 11 nitrogen and oxygen atoms in total. The van der Waals surface area contributed by atoms with E-state index in [-0.39, 0.29) is 5.95 Å². The first-order valence-electron chi connectivity index (χ1n) is 11.3. The smallest absolute Gasteiger partial charge is 0.243 e. The average molecular weight is 545 g/mol. The van der Waals surface area contributed by atoms with Crippen molar-refractivity contribution in [1.82, 2.24) is 24.7 Å². The minimum atomic E-state index is -4.04. The Bertz CT molecular complexity index is 1480. The van der Waals surface area contributed by atoms with Gasteiger partial charge in [0.25, 0.3) is 0 Å². The van der Waals surface area contributed by atoms with Gasteiger partial charge in [-0.15, -0.1) is 21.5 Å². The Hall–Kier alpha value is -3.55. The predicted molar refractivity (Wildman–Crippen MR) is 141 cm³/mol.